The molecule has 0 aromatic heterocycles. The van der Waals surface area contributed by atoms with E-state index in [-0.39, 0.29) is 35.6 Å². The van der Waals surface area contributed by atoms with E-state index in [4.69, 9.17) is 9.47 Å². The lowest BCUT2D eigenvalue weighted by molar-refractivity contribution is -0.149. The molecule has 6 nitrogen and oxygen atoms in total. The zero-order valence-corrected chi connectivity index (χ0v) is 13.9. The summed E-state index contributed by atoms with van der Waals surface area (Å²) in [6, 6.07) is 3.45. The Balaban J connectivity index is 2.11. The zero-order chi connectivity index (χ0) is 17.0. The lowest BCUT2D eigenvalue weighted by atomic mass is 9.98. The largest absolute Gasteiger partial charge is 0.494 e. The number of esters is 1. The molecule has 0 N–H and O–H groups in total. The van der Waals surface area contributed by atoms with E-state index < -0.39 is 15.8 Å². The first-order valence-electron chi connectivity index (χ1n) is 7.40. The van der Waals surface area contributed by atoms with Crippen molar-refractivity contribution in [3.8, 4) is 5.75 Å². The van der Waals surface area contributed by atoms with Crippen LogP contribution in [0.1, 0.15) is 19.8 Å². The van der Waals surface area contributed by atoms with E-state index in [0.29, 0.717) is 19.4 Å². The van der Waals surface area contributed by atoms with E-state index in [1.54, 1.807) is 6.92 Å². The van der Waals surface area contributed by atoms with Gasteiger partial charge in [-0.3, -0.25) is 4.79 Å². The normalized spacial score (nSPS) is 17.0. The molecule has 1 aromatic carbocycles. The first-order chi connectivity index (χ1) is 10.9. The Labute approximate surface area is 135 Å². The molecule has 0 saturated carbocycles. The Morgan fingerprint density at radius 2 is 2.00 bits per heavy atom. The fraction of sp³-hybridized carbons (Fsp3) is 0.533. The minimum Gasteiger partial charge on any atom is -0.494 e. The summed E-state index contributed by atoms with van der Waals surface area (Å²) in [4.78, 5) is 11.7. The van der Waals surface area contributed by atoms with Gasteiger partial charge in [0.2, 0.25) is 10.0 Å². The van der Waals surface area contributed by atoms with E-state index in [1.165, 1.54) is 23.5 Å². The van der Waals surface area contributed by atoms with Gasteiger partial charge in [0.15, 0.2) is 11.6 Å². The second kappa shape index (κ2) is 7.27. The highest BCUT2D eigenvalue weighted by Crippen LogP contribution is 2.27. The van der Waals surface area contributed by atoms with Gasteiger partial charge in [0, 0.05) is 19.2 Å². The van der Waals surface area contributed by atoms with E-state index in [1.807, 2.05) is 0 Å². The van der Waals surface area contributed by atoms with Crippen LogP contribution in [-0.4, -0.2) is 45.5 Å². The van der Waals surface area contributed by atoms with Crippen molar-refractivity contribution in [2.45, 2.75) is 24.7 Å². The van der Waals surface area contributed by atoms with E-state index >= 15 is 0 Å². The van der Waals surface area contributed by atoms with Gasteiger partial charge < -0.3 is 9.47 Å². The van der Waals surface area contributed by atoms with Crippen molar-refractivity contribution in [2.75, 3.05) is 26.8 Å². The summed E-state index contributed by atoms with van der Waals surface area (Å²) in [5.74, 6) is -1.29. The van der Waals surface area contributed by atoms with Gasteiger partial charge >= 0.3 is 5.97 Å². The van der Waals surface area contributed by atoms with Gasteiger partial charge in [-0.25, -0.2) is 12.8 Å². The monoisotopic (exact) mass is 345 g/mol. The van der Waals surface area contributed by atoms with Crippen LogP contribution < -0.4 is 4.74 Å². The molecule has 128 valence electrons. The molecule has 1 fully saturated rings. The summed E-state index contributed by atoms with van der Waals surface area (Å²) >= 11 is 0. The maximum atomic E-state index is 13.4. The molecular weight excluding hydrogens is 325 g/mol. The number of methoxy groups -OCH3 is 1. The van der Waals surface area contributed by atoms with E-state index in [0.717, 1.165) is 6.07 Å². The smallest absolute Gasteiger partial charge is 0.309 e. The second-order valence-electron chi connectivity index (χ2n) is 5.23. The third-order valence-electron chi connectivity index (χ3n) is 3.83. The summed E-state index contributed by atoms with van der Waals surface area (Å²) in [5.41, 5.74) is 0. The molecule has 1 heterocycles. The number of ether oxygens (including phenoxy) is 2. The topological polar surface area (TPSA) is 72.9 Å². The fourth-order valence-corrected chi connectivity index (χ4v) is 4.03. The molecule has 0 unspecified atom stereocenters. The van der Waals surface area contributed by atoms with Crippen molar-refractivity contribution < 1.29 is 27.1 Å². The van der Waals surface area contributed by atoms with Crippen molar-refractivity contribution >= 4 is 16.0 Å². The van der Waals surface area contributed by atoms with Crippen molar-refractivity contribution in [3.63, 3.8) is 0 Å². The standard InChI is InChI=1S/C15H20FNO5S/c1-3-22-15(18)11-6-8-17(9-7-11)23(19,20)12-4-5-13(16)14(10-12)21-2/h4-5,10-11H,3,6-9H2,1-2H3. The highest BCUT2D eigenvalue weighted by molar-refractivity contribution is 7.89. The van der Waals surface area contributed by atoms with Crippen LogP contribution in [0.2, 0.25) is 0 Å². The minimum atomic E-state index is -3.74. The summed E-state index contributed by atoms with van der Waals surface area (Å²) < 4.78 is 49.7. The average Bonchev–Trinajstić information content (AvgIpc) is 2.55. The Morgan fingerprint density at radius 1 is 1.35 bits per heavy atom. The molecule has 0 radical (unpaired) electrons. The zero-order valence-electron chi connectivity index (χ0n) is 13.1. The number of hydrogen-bond donors (Lipinski definition) is 0. The Bertz CT molecular complexity index is 668. The van der Waals surface area contributed by atoms with Crippen LogP contribution in [0.4, 0.5) is 4.39 Å². The molecule has 1 aromatic rings. The average molecular weight is 345 g/mol. The van der Waals surface area contributed by atoms with Crippen LogP contribution in [0, 0.1) is 11.7 Å². The minimum absolute atomic E-state index is 0.0228. The number of benzene rings is 1. The predicted molar refractivity (Wildman–Crippen MR) is 81.1 cm³/mol. The van der Waals surface area contributed by atoms with E-state index in [9.17, 15) is 17.6 Å². The predicted octanol–water partition coefficient (Wildman–Crippen LogP) is 1.80. The number of rotatable bonds is 5. The molecule has 0 aliphatic carbocycles. The molecular formula is C15H20FNO5S. The van der Waals surface area contributed by atoms with Gasteiger partial charge in [-0.05, 0) is 31.9 Å². The second-order valence-corrected chi connectivity index (χ2v) is 7.16. The van der Waals surface area contributed by atoms with Crippen molar-refractivity contribution in [2.24, 2.45) is 5.92 Å². The Morgan fingerprint density at radius 3 is 2.57 bits per heavy atom. The molecule has 1 saturated heterocycles. The SMILES string of the molecule is CCOC(=O)C1CCN(S(=O)(=O)c2ccc(F)c(OC)c2)CC1. The molecule has 0 spiro atoms. The van der Waals surface area contributed by atoms with Gasteiger partial charge in [0.05, 0.1) is 24.5 Å². The molecule has 23 heavy (non-hydrogen) atoms. The molecule has 1 aliphatic rings. The Kier molecular flexibility index (Phi) is 5.59. The molecule has 8 heteroatoms. The Hall–Kier alpha value is -1.67. The number of piperidine rings is 1. The van der Waals surface area contributed by atoms with Crippen molar-refractivity contribution in [1.29, 1.82) is 0 Å². The van der Waals surface area contributed by atoms with Crippen molar-refractivity contribution in [3.05, 3.63) is 24.0 Å². The van der Waals surface area contributed by atoms with Crippen LogP contribution >= 0.6 is 0 Å². The van der Waals surface area contributed by atoms with Gasteiger partial charge in [0.25, 0.3) is 0 Å². The maximum absolute atomic E-state index is 13.4. The summed E-state index contributed by atoms with van der Waals surface area (Å²) in [6.45, 7) is 2.50. The van der Waals surface area contributed by atoms with Gasteiger partial charge in [-0.1, -0.05) is 0 Å². The number of carbonyl (C=O) groups excluding carboxylic acids is 1. The summed E-state index contributed by atoms with van der Waals surface area (Å²) in [5, 5.41) is 0. The van der Waals surface area contributed by atoms with E-state index in [2.05, 4.69) is 0 Å². The molecule has 0 amide bonds. The first kappa shape index (κ1) is 17.7. The van der Waals surface area contributed by atoms with Crippen LogP contribution in [-0.2, 0) is 19.6 Å². The summed E-state index contributed by atoms with van der Waals surface area (Å²) in [7, 11) is -2.46. The van der Waals surface area contributed by atoms with Crippen LogP contribution in [0.25, 0.3) is 0 Å². The maximum Gasteiger partial charge on any atom is 0.309 e. The number of halogens is 1. The number of carbonyl (C=O) groups is 1. The highest BCUT2D eigenvalue weighted by Gasteiger charge is 2.33. The van der Waals surface area contributed by atoms with Crippen LogP contribution in [0.3, 0.4) is 0 Å². The van der Waals surface area contributed by atoms with Crippen LogP contribution in [0.5, 0.6) is 5.75 Å². The first-order valence-corrected chi connectivity index (χ1v) is 8.84. The lowest BCUT2D eigenvalue weighted by Gasteiger charge is -2.30. The third-order valence-corrected chi connectivity index (χ3v) is 5.73. The molecule has 0 atom stereocenters. The number of nitrogens with zero attached hydrogens (tertiary/aromatic N) is 1. The summed E-state index contributed by atoms with van der Waals surface area (Å²) in [6.07, 6.45) is 0.826. The molecule has 1 aliphatic heterocycles. The highest BCUT2D eigenvalue weighted by atomic mass is 32.2. The number of sulfonamides is 1. The van der Waals surface area contributed by atoms with Gasteiger partial charge in [-0.2, -0.15) is 4.31 Å². The quantitative estimate of drug-likeness (QED) is 0.761. The fourth-order valence-electron chi connectivity index (χ4n) is 2.54. The van der Waals surface area contributed by atoms with Gasteiger partial charge in [-0.15, -0.1) is 0 Å². The third kappa shape index (κ3) is 3.81. The number of hydrogen-bond acceptors (Lipinski definition) is 5. The van der Waals surface area contributed by atoms with Crippen molar-refractivity contribution in [1.82, 2.24) is 4.31 Å². The molecule has 0 bridgehead atoms. The lowest BCUT2D eigenvalue weighted by Crippen LogP contribution is -2.40. The van der Waals surface area contributed by atoms with Gasteiger partial charge in [0.1, 0.15) is 0 Å². The van der Waals surface area contributed by atoms with Crippen LogP contribution in [0.15, 0.2) is 23.1 Å². The molecule has 2 rings (SSSR count).